The maximum absolute atomic E-state index is 12.0. The second-order valence-corrected chi connectivity index (χ2v) is 5.59. The molecule has 24 heavy (non-hydrogen) atoms. The third-order valence-corrected chi connectivity index (χ3v) is 3.57. The van der Waals surface area contributed by atoms with E-state index < -0.39 is 0 Å². The lowest BCUT2D eigenvalue weighted by Crippen LogP contribution is -2.08. The Morgan fingerprint density at radius 2 is 1.83 bits per heavy atom. The summed E-state index contributed by atoms with van der Waals surface area (Å²) >= 11 is 0. The minimum atomic E-state index is -0.390. The largest absolute Gasteiger partial charge is 0.493 e. The first-order valence-electron chi connectivity index (χ1n) is 8.90. The first-order valence-corrected chi connectivity index (χ1v) is 8.90. The summed E-state index contributed by atoms with van der Waals surface area (Å²) in [6.45, 7) is 8.95. The van der Waals surface area contributed by atoms with Crippen molar-refractivity contribution in [1.82, 2.24) is 0 Å². The minimum absolute atomic E-state index is 0.327. The molecule has 1 rings (SSSR count). The second kappa shape index (κ2) is 12.5. The van der Waals surface area contributed by atoms with Crippen LogP contribution in [0, 0.1) is 0 Å². The Morgan fingerprint density at radius 3 is 2.54 bits per heavy atom. The van der Waals surface area contributed by atoms with Gasteiger partial charge in [0.1, 0.15) is 23.7 Å². The normalized spacial score (nSPS) is 10.2. The van der Waals surface area contributed by atoms with Gasteiger partial charge in [-0.15, -0.1) is 0 Å². The monoisotopic (exact) mass is 334 g/mol. The molecule has 0 aromatic heterocycles. The van der Waals surface area contributed by atoms with Crippen molar-refractivity contribution in [3.63, 3.8) is 0 Å². The van der Waals surface area contributed by atoms with Crippen LogP contribution in [0.3, 0.4) is 0 Å². The van der Waals surface area contributed by atoms with E-state index in [1.165, 1.54) is 32.1 Å². The maximum Gasteiger partial charge on any atom is 0.341 e. The third kappa shape index (κ3) is 7.53. The number of hydrogen-bond donors (Lipinski definition) is 0. The molecule has 0 spiro atoms. The standard InChI is InChI=1S/C20H30O4/c1-4-7-8-9-10-11-15-23-17-12-13-18(20(21)22-6-3)19(16-17)24-14-5-2/h5,12-13,16H,2,4,6-11,14-15H2,1,3H3. The Hall–Kier alpha value is -1.97. The highest BCUT2D eigenvalue weighted by Gasteiger charge is 2.14. The van der Waals surface area contributed by atoms with Gasteiger partial charge in [-0.25, -0.2) is 4.79 Å². The Balaban J connectivity index is 2.55. The van der Waals surface area contributed by atoms with Crippen LogP contribution in [0.15, 0.2) is 30.9 Å². The summed E-state index contributed by atoms with van der Waals surface area (Å²) in [5.41, 5.74) is 0.408. The van der Waals surface area contributed by atoms with Crippen LogP contribution in [-0.2, 0) is 4.74 Å². The molecule has 0 aliphatic carbocycles. The number of hydrogen-bond acceptors (Lipinski definition) is 4. The fraction of sp³-hybridized carbons (Fsp3) is 0.550. The molecule has 1 aromatic carbocycles. The number of unbranched alkanes of at least 4 members (excludes halogenated alkanes) is 5. The number of esters is 1. The molecule has 0 N–H and O–H groups in total. The predicted octanol–water partition coefficient (Wildman–Crippen LogP) is 5.17. The molecule has 4 heteroatoms. The first kappa shape index (κ1) is 20.1. The number of benzene rings is 1. The van der Waals surface area contributed by atoms with Gasteiger partial charge in [-0.05, 0) is 25.5 Å². The molecule has 0 amide bonds. The Labute approximate surface area is 145 Å². The van der Waals surface area contributed by atoms with E-state index in [1.807, 2.05) is 0 Å². The molecule has 134 valence electrons. The van der Waals surface area contributed by atoms with Crippen LogP contribution >= 0.6 is 0 Å². The van der Waals surface area contributed by atoms with E-state index in [2.05, 4.69) is 13.5 Å². The van der Waals surface area contributed by atoms with Gasteiger partial charge in [0.2, 0.25) is 0 Å². The summed E-state index contributed by atoms with van der Waals surface area (Å²) in [4.78, 5) is 12.0. The van der Waals surface area contributed by atoms with Crippen LogP contribution in [0.1, 0.15) is 62.7 Å². The maximum atomic E-state index is 12.0. The van der Waals surface area contributed by atoms with Crippen LogP contribution in [0.5, 0.6) is 11.5 Å². The fourth-order valence-electron chi connectivity index (χ4n) is 2.31. The van der Waals surface area contributed by atoms with Crippen molar-refractivity contribution < 1.29 is 19.0 Å². The molecule has 0 bridgehead atoms. The quantitative estimate of drug-likeness (QED) is 0.284. The molecule has 0 saturated heterocycles. The molecule has 1 aromatic rings. The van der Waals surface area contributed by atoms with Gasteiger partial charge in [0, 0.05) is 6.07 Å². The van der Waals surface area contributed by atoms with Gasteiger partial charge < -0.3 is 14.2 Å². The van der Waals surface area contributed by atoms with Gasteiger partial charge in [0.05, 0.1) is 13.2 Å². The summed E-state index contributed by atoms with van der Waals surface area (Å²) in [7, 11) is 0. The molecule has 0 atom stereocenters. The van der Waals surface area contributed by atoms with E-state index in [0.29, 0.717) is 36.9 Å². The smallest absolute Gasteiger partial charge is 0.341 e. The van der Waals surface area contributed by atoms with Crippen LogP contribution in [0.4, 0.5) is 0 Å². The summed E-state index contributed by atoms with van der Waals surface area (Å²) in [6, 6.07) is 5.21. The van der Waals surface area contributed by atoms with Crippen LogP contribution < -0.4 is 9.47 Å². The van der Waals surface area contributed by atoms with Gasteiger partial charge in [0.15, 0.2) is 0 Å². The zero-order valence-electron chi connectivity index (χ0n) is 15.0. The van der Waals surface area contributed by atoms with E-state index in [0.717, 1.165) is 6.42 Å². The lowest BCUT2D eigenvalue weighted by atomic mass is 10.1. The topological polar surface area (TPSA) is 44.8 Å². The highest BCUT2D eigenvalue weighted by atomic mass is 16.5. The van der Waals surface area contributed by atoms with Crippen molar-refractivity contribution in [2.24, 2.45) is 0 Å². The molecular weight excluding hydrogens is 304 g/mol. The van der Waals surface area contributed by atoms with Crippen molar-refractivity contribution >= 4 is 5.97 Å². The first-order chi connectivity index (χ1) is 11.7. The van der Waals surface area contributed by atoms with E-state index in [9.17, 15) is 4.79 Å². The molecule has 0 radical (unpaired) electrons. The van der Waals surface area contributed by atoms with Gasteiger partial charge in [-0.1, -0.05) is 51.7 Å². The van der Waals surface area contributed by atoms with E-state index >= 15 is 0 Å². The third-order valence-electron chi connectivity index (χ3n) is 3.57. The SMILES string of the molecule is C=CCOc1cc(OCCCCCCCC)ccc1C(=O)OCC. The zero-order chi connectivity index (χ0) is 17.6. The van der Waals surface area contributed by atoms with Crippen molar-refractivity contribution in [2.75, 3.05) is 19.8 Å². The minimum Gasteiger partial charge on any atom is -0.493 e. The van der Waals surface area contributed by atoms with Crippen molar-refractivity contribution in [3.8, 4) is 11.5 Å². The van der Waals surface area contributed by atoms with E-state index in [-0.39, 0.29) is 5.97 Å². The average molecular weight is 334 g/mol. The van der Waals surface area contributed by atoms with E-state index in [1.54, 1.807) is 31.2 Å². The van der Waals surface area contributed by atoms with Gasteiger partial charge in [-0.2, -0.15) is 0 Å². The molecule has 0 aliphatic rings. The fourth-order valence-corrected chi connectivity index (χ4v) is 2.31. The Morgan fingerprint density at radius 1 is 1.08 bits per heavy atom. The molecule has 0 unspecified atom stereocenters. The summed E-state index contributed by atoms with van der Waals surface area (Å²) in [5, 5.41) is 0. The second-order valence-electron chi connectivity index (χ2n) is 5.59. The highest BCUT2D eigenvalue weighted by molar-refractivity contribution is 5.92. The number of ether oxygens (including phenoxy) is 3. The van der Waals surface area contributed by atoms with Gasteiger partial charge >= 0.3 is 5.97 Å². The summed E-state index contributed by atoms with van der Waals surface area (Å²) < 4.78 is 16.4. The number of carbonyl (C=O) groups is 1. The van der Waals surface area contributed by atoms with Gasteiger partial charge in [-0.3, -0.25) is 0 Å². The van der Waals surface area contributed by atoms with Crippen molar-refractivity contribution in [1.29, 1.82) is 0 Å². The summed E-state index contributed by atoms with van der Waals surface area (Å²) in [6.07, 6.45) is 8.97. The summed E-state index contributed by atoms with van der Waals surface area (Å²) in [5.74, 6) is 0.781. The van der Waals surface area contributed by atoms with Crippen LogP contribution in [0.2, 0.25) is 0 Å². The van der Waals surface area contributed by atoms with Crippen LogP contribution in [-0.4, -0.2) is 25.8 Å². The lowest BCUT2D eigenvalue weighted by molar-refractivity contribution is 0.0522. The molecule has 0 heterocycles. The van der Waals surface area contributed by atoms with Crippen LogP contribution in [0.25, 0.3) is 0 Å². The van der Waals surface area contributed by atoms with Crippen molar-refractivity contribution in [3.05, 3.63) is 36.4 Å². The molecule has 4 nitrogen and oxygen atoms in total. The molecule has 0 fully saturated rings. The lowest BCUT2D eigenvalue weighted by Gasteiger charge is -2.12. The van der Waals surface area contributed by atoms with Gasteiger partial charge in [0.25, 0.3) is 0 Å². The molecular formula is C20H30O4. The zero-order valence-corrected chi connectivity index (χ0v) is 15.0. The van der Waals surface area contributed by atoms with E-state index in [4.69, 9.17) is 14.2 Å². The Bertz CT molecular complexity index is 496. The van der Waals surface area contributed by atoms with Crippen molar-refractivity contribution in [2.45, 2.75) is 52.4 Å². The molecule has 0 aliphatic heterocycles. The number of carbonyl (C=O) groups excluding carboxylic acids is 1. The highest BCUT2D eigenvalue weighted by Crippen LogP contribution is 2.26. The molecule has 0 saturated carbocycles. The average Bonchev–Trinajstić information content (AvgIpc) is 2.59. The number of rotatable bonds is 13. The predicted molar refractivity (Wildman–Crippen MR) is 97.0 cm³/mol. The Kier molecular flexibility index (Phi) is 10.4.